The molecule has 0 amide bonds. The molecule has 0 aromatic heterocycles. The SMILES string of the molecule is COC(=O)CC1(CS(=O)CC(C)C)CC1. The fourth-order valence-electron chi connectivity index (χ4n) is 1.70. The van der Waals surface area contributed by atoms with Crippen molar-refractivity contribution >= 4 is 16.8 Å². The quantitative estimate of drug-likeness (QED) is 0.655. The normalized spacial score (nSPS) is 20.0. The highest BCUT2D eigenvalue weighted by atomic mass is 32.2. The molecule has 1 atom stereocenters. The van der Waals surface area contributed by atoms with E-state index < -0.39 is 10.8 Å². The summed E-state index contributed by atoms with van der Waals surface area (Å²) in [5, 5.41) is 0. The first kappa shape index (κ1) is 12.7. The van der Waals surface area contributed by atoms with Gasteiger partial charge in [-0.1, -0.05) is 13.8 Å². The van der Waals surface area contributed by atoms with Crippen LogP contribution in [0.3, 0.4) is 0 Å². The number of hydrogen-bond donors (Lipinski definition) is 0. The van der Waals surface area contributed by atoms with Gasteiger partial charge in [0.25, 0.3) is 0 Å². The summed E-state index contributed by atoms with van der Waals surface area (Å²) in [6.07, 6.45) is 2.48. The van der Waals surface area contributed by atoms with Gasteiger partial charge in [0.15, 0.2) is 0 Å². The van der Waals surface area contributed by atoms with Crippen molar-refractivity contribution in [1.29, 1.82) is 0 Å². The lowest BCUT2D eigenvalue weighted by Crippen LogP contribution is -2.20. The van der Waals surface area contributed by atoms with Crippen molar-refractivity contribution in [2.24, 2.45) is 11.3 Å². The standard InChI is InChI=1S/C11H20O3S/c1-9(2)7-15(13)8-11(4-5-11)6-10(12)14-3/h9H,4-8H2,1-3H3. The molecule has 0 heterocycles. The molecule has 88 valence electrons. The first-order valence-electron chi connectivity index (χ1n) is 5.39. The van der Waals surface area contributed by atoms with Crippen molar-refractivity contribution in [2.45, 2.75) is 33.1 Å². The maximum Gasteiger partial charge on any atom is 0.306 e. The van der Waals surface area contributed by atoms with Crippen LogP contribution in [0.15, 0.2) is 0 Å². The third kappa shape index (κ3) is 4.33. The van der Waals surface area contributed by atoms with E-state index in [1.807, 2.05) is 0 Å². The molecule has 0 aromatic carbocycles. The first-order valence-corrected chi connectivity index (χ1v) is 6.88. The highest BCUT2D eigenvalue weighted by molar-refractivity contribution is 7.85. The molecule has 1 rings (SSSR count). The Kier molecular flexibility index (Phi) is 4.32. The van der Waals surface area contributed by atoms with Crippen molar-refractivity contribution in [3.05, 3.63) is 0 Å². The van der Waals surface area contributed by atoms with Crippen molar-refractivity contribution in [2.75, 3.05) is 18.6 Å². The zero-order chi connectivity index (χ0) is 11.5. The molecule has 0 spiro atoms. The number of methoxy groups -OCH3 is 1. The van der Waals surface area contributed by atoms with Gasteiger partial charge in [0.05, 0.1) is 13.5 Å². The van der Waals surface area contributed by atoms with E-state index in [4.69, 9.17) is 0 Å². The van der Waals surface area contributed by atoms with Crippen molar-refractivity contribution < 1.29 is 13.7 Å². The minimum Gasteiger partial charge on any atom is -0.469 e. The van der Waals surface area contributed by atoms with E-state index >= 15 is 0 Å². The van der Waals surface area contributed by atoms with Gasteiger partial charge in [0.2, 0.25) is 0 Å². The third-order valence-corrected chi connectivity index (χ3v) is 4.66. The molecule has 0 saturated heterocycles. The molecule has 15 heavy (non-hydrogen) atoms. The molecule has 0 aromatic rings. The minimum atomic E-state index is -0.783. The molecule has 1 saturated carbocycles. The number of rotatable bonds is 6. The predicted octanol–water partition coefficient (Wildman–Crippen LogP) is 1.73. The summed E-state index contributed by atoms with van der Waals surface area (Å²) in [5.74, 6) is 1.69. The second kappa shape index (κ2) is 5.10. The highest BCUT2D eigenvalue weighted by Crippen LogP contribution is 2.49. The zero-order valence-electron chi connectivity index (χ0n) is 9.75. The molecule has 1 fully saturated rings. The summed E-state index contributed by atoms with van der Waals surface area (Å²) in [5.41, 5.74) is 0.00679. The highest BCUT2D eigenvalue weighted by Gasteiger charge is 2.45. The number of hydrogen-bond acceptors (Lipinski definition) is 3. The summed E-state index contributed by atoms with van der Waals surface area (Å²) >= 11 is 0. The summed E-state index contributed by atoms with van der Waals surface area (Å²) in [4.78, 5) is 11.1. The number of carbonyl (C=O) groups is 1. The Bertz CT molecular complexity index is 257. The van der Waals surface area contributed by atoms with Gasteiger partial charge in [-0.25, -0.2) is 0 Å². The van der Waals surface area contributed by atoms with Crippen LogP contribution in [0.1, 0.15) is 33.1 Å². The molecule has 0 aliphatic heterocycles. The van der Waals surface area contributed by atoms with Gasteiger partial charge in [-0.2, -0.15) is 0 Å². The molecule has 0 bridgehead atoms. The smallest absolute Gasteiger partial charge is 0.306 e. The molecule has 1 unspecified atom stereocenters. The van der Waals surface area contributed by atoms with Crippen molar-refractivity contribution in [3.8, 4) is 0 Å². The van der Waals surface area contributed by atoms with Gasteiger partial charge in [-0.3, -0.25) is 9.00 Å². The fraction of sp³-hybridized carbons (Fsp3) is 0.909. The Balaban J connectivity index is 2.37. The van der Waals surface area contributed by atoms with Gasteiger partial charge < -0.3 is 4.74 Å². The van der Waals surface area contributed by atoms with E-state index in [-0.39, 0.29) is 11.4 Å². The molecule has 3 nitrogen and oxygen atoms in total. The Hall–Kier alpha value is -0.380. The Morgan fingerprint density at radius 3 is 2.47 bits per heavy atom. The minimum absolute atomic E-state index is 0.00679. The van der Waals surface area contributed by atoms with Crippen LogP contribution in [0.5, 0.6) is 0 Å². The van der Waals surface area contributed by atoms with E-state index in [2.05, 4.69) is 18.6 Å². The largest absolute Gasteiger partial charge is 0.469 e. The molecule has 0 N–H and O–H groups in total. The Morgan fingerprint density at radius 2 is 2.07 bits per heavy atom. The molecule has 4 heteroatoms. The van der Waals surface area contributed by atoms with Crippen LogP contribution in [0, 0.1) is 11.3 Å². The summed E-state index contributed by atoms with van der Waals surface area (Å²) in [7, 11) is 0.623. The fourth-order valence-corrected chi connectivity index (χ4v) is 3.63. The van der Waals surface area contributed by atoms with Gasteiger partial charge >= 0.3 is 5.97 Å². The summed E-state index contributed by atoms with van der Waals surface area (Å²) < 4.78 is 16.4. The second-order valence-corrected chi connectivity index (χ2v) is 6.40. The number of carbonyl (C=O) groups excluding carboxylic acids is 1. The van der Waals surface area contributed by atoms with Crippen molar-refractivity contribution in [1.82, 2.24) is 0 Å². The summed E-state index contributed by atoms with van der Waals surface area (Å²) in [6, 6.07) is 0. The van der Waals surface area contributed by atoms with Crippen LogP contribution in [-0.4, -0.2) is 28.8 Å². The maximum atomic E-state index is 11.7. The predicted molar refractivity (Wildman–Crippen MR) is 61.0 cm³/mol. The first-order chi connectivity index (χ1) is 6.97. The van der Waals surface area contributed by atoms with Crippen LogP contribution >= 0.6 is 0 Å². The van der Waals surface area contributed by atoms with Crippen LogP contribution in [-0.2, 0) is 20.3 Å². The zero-order valence-corrected chi connectivity index (χ0v) is 10.6. The molecular formula is C11H20O3S. The third-order valence-electron chi connectivity index (χ3n) is 2.69. The second-order valence-electron chi connectivity index (χ2n) is 4.90. The van der Waals surface area contributed by atoms with Crippen LogP contribution in [0.2, 0.25) is 0 Å². The lowest BCUT2D eigenvalue weighted by Gasteiger charge is -2.13. The Morgan fingerprint density at radius 1 is 1.47 bits per heavy atom. The molecule has 1 aliphatic carbocycles. The van der Waals surface area contributed by atoms with E-state index in [0.717, 1.165) is 18.6 Å². The van der Waals surface area contributed by atoms with Gasteiger partial charge in [0, 0.05) is 22.3 Å². The number of ether oxygens (including phenoxy) is 1. The van der Waals surface area contributed by atoms with Gasteiger partial charge in [-0.15, -0.1) is 0 Å². The molecule has 0 radical (unpaired) electrons. The van der Waals surface area contributed by atoms with Crippen LogP contribution in [0.4, 0.5) is 0 Å². The molecule has 1 aliphatic rings. The van der Waals surface area contributed by atoms with Crippen LogP contribution in [0.25, 0.3) is 0 Å². The average Bonchev–Trinajstić information content (AvgIpc) is 2.82. The van der Waals surface area contributed by atoms with E-state index in [1.54, 1.807) is 0 Å². The maximum absolute atomic E-state index is 11.7. The number of esters is 1. The Labute approximate surface area is 94.0 Å². The van der Waals surface area contributed by atoms with E-state index in [9.17, 15) is 9.00 Å². The average molecular weight is 232 g/mol. The summed E-state index contributed by atoms with van der Waals surface area (Å²) in [6.45, 7) is 4.13. The van der Waals surface area contributed by atoms with E-state index in [1.165, 1.54) is 7.11 Å². The lowest BCUT2D eigenvalue weighted by molar-refractivity contribution is -0.141. The monoisotopic (exact) mass is 232 g/mol. The van der Waals surface area contributed by atoms with Gasteiger partial charge in [-0.05, 0) is 24.2 Å². The lowest BCUT2D eigenvalue weighted by atomic mass is 10.1. The van der Waals surface area contributed by atoms with Crippen LogP contribution < -0.4 is 0 Å². The van der Waals surface area contributed by atoms with E-state index in [0.29, 0.717) is 18.1 Å². The van der Waals surface area contributed by atoms with Crippen molar-refractivity contribution in [3.63, 3.8) is 0 Å². The topological polar surface area (TPSA) is 43.4 Å². The van der Waals surface area contributed by atoms with Gasteiger partial charge in [0.1, 0.15) is 0 Å². The molecular weight excluding hydrogens is 212 g/mol.